The van der Waals surface area contributed by atoms with E-state index in [0.29, 0.717) is 63.8 Å². The van der Waals surface area contributed by atoms with E-state index < -0.39 is 23.0 Å². The Morgan fingerprint density at radius 2 is 1.80 bits per heavy atom. The van der Waals surface area contributed by atoms with E-state index >= 15 is 4.39 Å². The smallest absolute Gasteiger partial charge is 0.330 e. The van der Waals surface area contributed by atoms with Crippen LogP contribution in [0.4, 0.5) is 10.1 Å². The zero-order valence-corrected chi connectivity index (χ0v) is 26.0. The van der Waals surface area contributed by atoms with Gasteiger partial charge >= 0.3 is 5.69 Å². The van der Waals surface area contributed by atoms with Gasteiger partial charge in [0.2, 0.25) is 5.91 Å². The summed E-state index contributed by atoms with van der Waals surface area (Å²) in [6.07, 6.45) is 1.66. The molecule has 1 aliphatic rings. The molecule has 3 N–H and O–H groups in total. The Morgan fingerprint density at radius 3 is 2.51 bits per heavy atom. The lowest BCUT2D eigenvalue weighted by Crippen LogP contribution is -2.40. The zero-order chi connectivity index (χ0) is 32.4. The van der Waals surface area contributed by atoms with Crippen LogP contribution in [0, 0.1) is 18.7 Å². The monoisotopic (exact) mass is 633 g/mol. The molecule has 45 heavy (non-hydrogen) atoms. The lowest BCUT2D eigenvalue weighted by atomic mass is 9.94. The number of carbonyl (C=O) groups excluding carboxylic acids is 2. The first-order valence-corrected chi connectivity index (χ1v) is 14.7. The predicted octanol–water partition coefficient (Wildman–Crippen LogP) is 4.01. The highest BCUT2D eigenvalue weighted by molar-refractivity contribution is 6.36. The van der Waals surface area contributed by atoms with Crippen LogP contribution in [0.3, 0.4) is 0 Å². The van der Waals surface area contributed by atoms with Crippen LogP contribution >= 0.6 is 11.6 Å². The van der Waals surface area contributed by atoms with Crippen molar-refractivity contribution in [1.29, 1.82) is 0 Å². The molecule has 1 fully saturated rings. The summed E-state index contributed by atoms with van der Waals surface area (Å²) >= 11 is 6.96. The van der Waals surface area contributed by atoms with Crippen molar-refractivity contribution >= 4 is 29.1 Å². The van der Waals surface area contributed by atoms with Crippen molar-refractivity contribution in [3.05, 3.63) is 103 Å². The van der Waals surface area contributed by atoms with E-state index in [1.54, 1.807) is 24.3 Å². The molecule has 0 saturated carbocycles. The summed E-state index contributed by atoms with van der Waals surface area (Å²) in [7, 11) is 4.26. The van der Waals surface area contributed by atoms with E-state index in [1.807, 2.05) is 25.1 Å². The summed E-state index contributed by atoms with van der Waals surface area (Å²) in [6.45, 7) is 3.21. The highest BCUT2D eigenvalue weighted by Gasteiger charge is 2.22. The van der Waals surface area contributed by atoms with Gasteiger partial charge in [-0.3, -0.25) is 19.0 Å². The van der Waals surface area contributed by atoms with Gasteiger partial charge in [-0.15, -0.1) is 0 Å². The Balaban J connectivity index is 1.42. The van der Waals surface area contributed by atoms with Crippen molar-refractivity contribution in [1.82, 2.24) is 19.8 Å². The summed E-state index contributed by atoms with van der Waals surface area (Å²) in [4.78, 5) is 49.2. The maximum Gasteiger partial charge on any atom is 0.330 e. The summed E-state index contributed by atoms with van der Waals surface area (Å²) in [5.41, 5.74) is 2.60. The van der Waals surface area contributed by atoms with Crippen LogP contribution in [0.15, 0.2) is 64.3 Å². The summed E-state index contributed by atoms with van der Waals surface area (Å²) < 4.78 is 23.1. The summed E-state index contributed by atoms with van der Waals surface area (Å²) in [6, 6.07) is 13.9. The number of hydrogen-bond acceptors (Lipinski definition) is 6. The van der Waals surface area contributed by atoms with Crippen molar-refractivity contribution < 1.29 is 18.7 Å². The third kappa shape index (κ3) is 6.40. The molecule has 0 bridgehead atoms. The van der Waals surface area contributed by atoms with E-state index in [9.17, 15) is 19.2 Å². The van der Waals surface area contributed by atoms with Gasteiger partial charge in [0, 0.05) is 68.7 Å². The molecular weight excluding hydrogens is 601 g/mol. The number of nitrogens with one attached hydrogen (secondary N) is 3. The van der Waals surface area contributed by atoms with Crippen LogP contribution < -0.4 is 31.9 Å². The molecule has 0 radical (unpaired) electrons. The Morgan fingerprint density at radius 1 is 1.09 bits per heavy atom. The molecule has 5 rings (SSSR count). The number of methoxy groups -OCH3 is 1. The number of rotatable bonds is 9. The number of aromatic nitrogens is 2. The number of amides is 2. The summed E-state index contributed by atoms with van der Waals surface area (Å²) in [5, 5.41) is 9.18. The molecule has 1 saturated heterocycles. The van der Waals surface area contributed by atoms with E-state index in [-0.39, 0.29) is 23.9 Å². The fourth-order valence-corrected chi connectivity index (χ4v) is 5.85. The number of anilines is 1. The number of benzene rings is 3. The maximum absolute atomic E-state index is 15.5. The number of ether oxygens (including phenoxy) is 1. The van der Waals surface area contributed by atoms with Crippen molar-refractivity contribution in [2.45, 2.75) is 19.9 Å². The fraction of sp³-hybridized carbons (Fsp3) is 0.273. The third-order valence-electron chi connectivity index (χ3n) is 8.04. The van der Waals surface area contributed by atoms with Gasteiger partial charge < -0.3 is 25.3 Å². The van der Waals surface area contributed by atoms with Gasteiger partial charge in [-0.2, -0.15) is 0 Å². The maximum atomic E-state index is 15.5. The van der Waals surface area contributed by atoms with Crippen LogP contribution in [0.1, 0.15) is 27.9 Å². The molecule has 0 spiro atoms. The van der Waals surface area contributed by atoms with Gasteiger partial charge in [0.05, 0.1) is 12.1 Å². The molecule has 3 aromatic carbocycles. The minimum absolute atomic E-state index is 0.0223. The average molecular weight is 634 g/mol. The van der Waals surface area contributed by atoms with Crippen molar-refractivity contribution in [3.8, 4) is 28.0 Å². The lowest BCUT2D eigenvalue weighted by Gasteiger charge is -2.17. The van der Waals surface area contributed by atoms with Crippen LogP contribution in [0.5, 0.6) is 5.75 Å². The fourth-order valence-electron chi connectivity index (χ4n) is 5.51. The van der Waals surface area contributed by atoms with Gasteiger partial charge in [-0.1, -0.05) is 41.9 Å². The second-order valence-corrected chi connectivity index (χ2v) is 11.4. The second kappa shape index (κ2) is 13.1. The first kappa shape index (κ1) is 31.7. The molecule has 12 heteroatoms. The zero-order valence-electron chi connectivity index (χ0n) is 25.3. The Labute approximate surface area is 263 Å². The van der Waals surface area contributed by atoms with Gasteiger partial charge in [0.1, 0.15) is 17.1 Å². The normalized spacial score (nSPS) is 14.4. The molecule has 1 aliphatic heterocycles. The number of carbonyl (C=O) groups is 2. The van der Waals surface area contributed by atoms with E-state index in [2.05, 4.69) is 16.0 Å². The number of aryl methyl sites for hydroxylation is 1. The third-order valence-corrected chi connectivity index (χ3v) is 8.45. The number of halogens is 2. The highest BCUT2D eigenvalue weighted by Crippen LogP contribution is 2.40. The minimum atomic E-state index is -0.702. The molecular formula is C33H33ClFN5O5. The minimum Gasteiger partial charge on any atom is -0.496 e. The van der Waals surface area contributed by atoms with Gasteiger partial charge in [0.15, 0.2) is 0 Å². The largest absolute Gasteiger partial charge is 0.496 e. The van der Waals surface area contributed by atoms with Crippen molar-refractivity contribution in [3.63, 3.8) is 0 Å². The number of hydrogen-bond donors (Lipinski definition) is 3. The standard InChI is InChI=1S/C33H33ClFN5O5/c1-18-21(7-6-10-27(18)38-31(42)25-17-39(2)33(44)40(3)32(25)43)23-9-5-8-22(30(23)34)20-12-26(35)24(28(13-20)45-4)16-36-14-19-11-29(41)37-15-19/h5-10,12-13,17,19,36H,11,14-16H2,1-4H3,(H,37,41)(H,38,42)/t19-/m1/s1. The van der Waals surface area contributed by atoms with Gasteiger partial charge in [0.25, 0.3) is 11.5 Å². The quantitative estimate of drug-likeness (QED) is 0.256. The van der Waals surface area contributed by atoms with Crippen molar-refractivity contribution in [2.24, 2.45) is 20.0 Å². The average Bonchev–Trinajstić information content (AvgIpc) is 3.44. The molecule has 1 aromatic heterocycles. The van der Waals surface area contributed by atoms with Gasteiger partial charge in [-0.05, 0) is 47.7 Å². The molecule has 10 nitrogen and oxygen atoms in total. The Bertz CT molecular complexity index is 1940. The molecule has 4 aromatic rings. The van der Waals surface area contributed by atoms with Crippen LogP contribution in [-0.4, -0.2) is 41.1 Å². The molecule has 2 heterocycles. The topological polar surface area (TPSA) is 123 Å². The first-order chi connectivity index (χ1) is 21.5. The first-order valence-electron chi connectivity index (χ1n) is 14.3. The van der Waals surface area contributed by atoms with E-state index in [0.717, 1.165) is 10.1 Å². The molecule has 0 aliphatic carbocycles. The van der Waals surface area contributed by atoms with E-state index in [1.165, 1.54) is 38.0 Å². The van der Waals surface area contributed by atoms with E-state index in [4.69, 9.17) is 16.3 Å². The Hall–Kier alpha value is -4.74. The molecule has 1 atom stereocenters. The predicted molar refractivity (Wildman–Crippen MR) is 171 cm³/mol. The van der Waals surface area contributed by atoms with Crippen LogP contribution in [-0.2, 0) is 25.4 Å². The SMILES string of the molecule is COc1cc(-c2cccc(-c3cccc(NC(=O)c4cn(C)c(=O)n(C)c4=O)c3C)c2Cl)cc(F)c1CNC[C@@H]1CNC(=O)C1. The van der Waals surface area contributed by atoms with Crippen LogP contribution in [0.25, 0.3) is 22.3 Å². The number of nitrogens with zero attached hydrogens (tertiary/aromatic N) is 2. The molecule has 234 valence electrons. The lowest BCUT2D eigenvalue weighted by molar-refractivity contribution is -0.119. The molecule has 2 amide bonds. The van der Waals surface area contributed by atoms with Crippen molar-refractivity contribution in [2.75, 3.05) is 25.5 Å². The Kier molecular flexibility index (Phi) is 9.21. The second-order valence-electron chi connectivity index (χ2n) is 11.0. The highest BCUT2D eigenvalue weighted by atomic mass is 35.5. The van der Waals surface area contributed by atoms with Crippen LogP contribution in [0.2, 0.25) is 5.02 Å². The molecule has 0 unspecified atom stereocenters. The van der Waals surface area contributed by atoms with Gasteiger partial charge in [-0.25, -0.2) is 9.18 Å². The summed E-state index contributed by atoms with van der Waals surface area (Å²) in [5.74, 6) is -0.566.